The SMILES string of the molecule is CC(CCS)OC(C)CCS. The molecule has 1 nitrogen and oxygen atoms in total. The van der Waals surface area contributed by atoms with E-state index in [0.717, 1.165) is 24.3 Å². The van der Waals surface area contributed by atoms with Crippen LogP contribution in [-0.4, -0.2) is 23.7 Å². The number of ether oxygens (including phenoxy) is 1. The van der Waals surface area contributed by atoms with Gasteiger partial charge in [0.1, 0.15) is 0 Å². The number of rotatable bonds is 6. The molecule has 0 radical (unpaired) electrons. The molecule has 11 heavy (non-hydrogen) atoms. The Morgan fingerprint density at radius 1 is 1.00 bits per heavy atom. The molecule has 0 aliphatic rings. The van der Waals surface area contributed by atoms with Crippen molar-refractivity contribution in [2.24, 2.45) is 0 Å². The van der Waals surface area contributed by atoms with Gasteiger partial charge in [-0.05, 0) is 38.2 Å². The maximum absolute atomic E-state index is 5.63. The summed E-state index contributed by atoms with van der Waals surface area (Å²) >= 11 is 8.28. The van der Waals surface area contributed by atoms with E-state index in [9.17, 15) is 0 Å². The lowest BCUT2D eigenvalue weighted by Gasteiger charge is -2.17. The van der Waals surface area contributed by atoms with Crippen LogP contribution in [0.4, 0.5) is 0 Å². The first kappa shape index (κ1) is 11.7. The van der Waals surface area contributed by atoms with Crippen LogP contribution in [0.25, 0.3) is 0 Å². The molecule has 0 heterocycles. The second kappa shape index (κ2) is 7.32. The zero-order valence-corrected chi connectivity index (χ0v) is 9.07. The second-order valence-corrected chi connectivity index (χ2v) is 3.68. The lowest BCUT2D eigenvalue weighted by molar-refractivity contribution is 0.00644. The van der Waals surface area contributed by atoms with Gasteiger partial charge in [-0.3, -0.25) is 0 Å². The number of thiol groups is 2. The fourth-order valence-electron chi connectivity index (χ4n) is 0.896. The van der Waals surface area contributed by atoms with Crippen molar-refractivity contribution in [3.8, 4) is 0 Å². The Morgan fingerprint density at radius 3 is 1.64 bits per heavy atom. The van der Waals surface area contributed by atoms with E-state index >= 15 is 0 Å². The molecule has 68 valence electrons. The molecule has 0 aromatic heterocycles. The molecular formula is C8H18OS2. The fraction of sp³-hybridized carbons (Fsp3) is 1.00. The molecule has 0 saturated heterocycles. The lowest BCUT2D eigenvalue weighted by atomic mass is 10.2. The average molecular weight is 194 g/mol. The third-order valence-electron chi connectivity index (χ3n) is 1.54. The zero-order valence-electron chi connectivity index (χ0n) is 7.29. The Morgan fingerprint density at radius 2 is 1.36 bits per heavy atom. The molecule has 0 fully saturated rings. The van der Waals surface area contributed by atoms with Gasteiger partial charge >= 0.3 is 0 Å². The van der Waals surface area contributed by atoms with Crippen molar-refractivity contribution in [2.75, 3.05) is 11.5 Å². The number of hydrogen-bond donors (Lipinski definition) is 2. The molecule has 0 amide bonds. The van der Waals surface area contributed by atoms with Crippen molar-refractivity contribution >= 4 is 25.3 Å². The highest BCUT2D eigenvalue weighted by atomic mass is 32.1. The van der Waals surface area contributed by atoms with E-state index in [-0.39, 0.29) is 0 Å². The highest BCUT2D eigenvalue weighted by Crippen LogP contribution is 2.06. The van der Waals surface area contributed by atoms with Gasteiger partial charge in [0.05, 0.1) is 12.2 Å². The van der Waals surface area contributed by atoms with Crippen LogP contribution in [0.2, 0.25) is 0 Å². The van der Waals surface area contributed by atoms with E-state index in [0.29, 0.717) is 12.2 Å². The molecule has 0 aromatic rings. The molecule has 0 spiro atoms. The van der Waals surface area contributed by atoms with Gasteiger partial charge in [0.15, 0.2) is 0 Å². The topological polar surface area (TPSA) is 9.23 Å². The Bertz CT molecular complexity index is 78.2. The van der Waals surface area contributed by atoms with Crippen LogP contribution in [0.1, 0.15) is 26.7 Å². The summed E-state index contributed by atoms with van der Waals surface area (Å²) in [4.78, 5) is 0. The molecule has 0 aromatic carbocycles. The van der Waals surface area contributed by atoms with Gasteiger partial charge in [-0.15, -0.1) is 0 Å². The fourth-order valence-corrected chi connectivity index (χ4v) is 1.62. The third-order valence-corrected chi connectivity index (χ3v) is 2.05. The van der Waals surface area contributed by atoms with E-state index in [1.54, 1.807) is 0 Å². The lowest BCUT2D eigenvalue weighted by Crippen LogP contribution is -2.17. The molecule has 2 atom stereocenters. The van der Waals surface area contributed by atoms with Gasteiger partial charge in [0.2, 0.25) is 0 Å². The zero-order chi connectivity index (χ0) is 8.69. The quantitative estimate of drug-likeness (QED) is 0.618. The maximum atomic E-state index is 5.63. The summed E-state index contributed by atoms with van der Waals surface area (Å²) in [5.74, 6) is 1.80. The highest BCUT2D eigenvalue weighted by Gasteiger charge is 2.06. The van der Waals surface area contributed by atoms with Crippen molar-refractivity contribution in [1.29, 1.82) is 0 Å². The predicted molar refractivity (Wildman–Crippen MR) is 56.9 cm³/mol. The summed E-state index contributed by atoms with van der Waals surface area (Å²) in [6.45, 7) is 4.18. The van der Waals surface area contributed by atoms with Crippen LogP contribution in [0, 0.1) is 0 Å². The van der Waals surface area contributed by atoms with E-state index in [1.165, 1.54) is 0 Å². The normalized spacial score (nSPS) is 16.4. The minimum Gasteiger partial charge on any atom is -0.376 e. The summed E-state index contributed by atoms with van der Waals surface area (Å²) in [7, 11) is 0. The molecule has 0 aliphatic heterocycles. The van der Waals surface area contributed by atoms with Crippen LogP contribution in [0.3, 0.4) is 0 Å². The van der Waals surface area contributed by atoms with Gasteiger partial charge in [-0.1, -0.05) is 0 Å². The summed E-state index contributed by atoms with van der Waals surface area (Å²) < 4.78 is 5.63. The molecule has 0 rings (SSSR count). The molecule has 0 aliphatic carbocycles. The Balaban J connectivity index is 3.32. The summed E-state index contributed by atoms with van der Waals surface area (Å²) in [6, 6.07) is 0. The molecule has 0 saturated carbocycles. The summed E-state index contributed by atoms with van der Waals surface area (Å²) in [6.07, 6.45) is 2.73. The maximum Gasteiger partial charge on any atom is 0.0558 e. The van der Waals surface area contributed by atoms with Gasteiger partial charge in [0.25, 0.3) is 0 Å². The van der Waals surface area contributed by atoms with Gasteiger partial charge in [-0.2, -0.15) is 25.3 Å². The van der Waals surface area contributed by atoms with Crippen LogP contribution in [0.15, 0.2) is 0 Å². The first-order valence-electron chi connectivity index (χ1n) is 4.08. The van der Waals surface area contributed by atoms with E-state index in [4.69, 9.17) is 4.74 Å². The van der Waals surface area contributed by atoms with Crippen LogP contribution in [-0.2, 0) is 4.74 Å². The van der Waals surface area contributed by atoms with E-state index in [1.807, 2.05) is 0 Å². The first-order valence-corrected chi connectivity index (χ1v) is 5.34. The van der Waals surface area contributed by atoms with Gasteiger partial charge in [0, 0.05) is 0 Å². The average Bonchev–Trinajstić information content (AvgIpc) is 1.87. The van der Waals surface area contributed by atoms with Crippen LogP contribution in [0.5, 0.6) is 0 Å². The summed E-state index contributed by atoms with van der Waals surface area (Å²) in [5.41, 5.74) is 0. The Labute approximate surface area is 80.7 Å². The molecular weight excluding hydrogens is 176 g/mol. The summed E-state index contributed by atoms with van der Waals surface area (Å²) in [5, 5.41) is 0. The van der Waals surface area contributed by atoms with Gasteiger partial charge < -0.3 is 4.74 Å². The van der Waals surface area contributed by atoms with Crippen LogP contribution >= 0.6 is 25.3 Å². The van der Waals surface area contributed by atoms with Gasteiger partial charge in [-0.25, -0.2) is 0 Å². The van der Waals surface area contributed by atoms with E-state index in [2.05, 4.69) is 39.1 Å². The van der Waals surface area contributed by atoms with Crippen molar-refractivity contribution in [1.82, 2.24) is 0 Å². The van der Waals surface area contributed by atoms with Crippen molar-refractivity contribution in [3.05, 3.63) is 0 Å². The van der Waals surface area contributed by atoms with E-state index < -0.39 is 0 Å². The standard InChI is InChI=1S/C8H18OS2/c1-7(3-5-10)9-8(2)4-6-11/h7-8,10-11H,3-6H2,1-2H3. The molecule has 0 bridgehead atoms. The van der Waals surface area contributed by atoms with Crippen molar-refractivity contribution in [3.63, 3.8) is 0 Å². The predicted octanol–water partition coefficient (Wildman–Crippen LogP) is 2.42. The molecule has 3 heteroatoms. The third kappa shape index (κ3) is 7.04. The molecule has 0 N–H and O–H groups in total. The Hall–Kier alpha value is 0.660. The second-order valence-electron chi connectivity index (χ2n) is 2.78. The highest BCUT2D eigenvalue weighted by molar-refractivity contribution is 7.80. The minimum absolute atomic E-state index is 0.336. The Kier molecular flexibility index (Phi) is 7.76. The molecule has 2 unspecified atom stereocenters. The first-order chi connectivity index (χ1) is 5.20. The largest absolute Gasteiger partial charge is 0.376 e. The number of hydrogen-bond acceptors (Lipinski definition) is 3. The van der Waals surface area contributed by atoms with Crippen molar-refractivity contribution < 1.29 is 4.74 Å². The van der Waals surface area contributed by atoms with Crippen molar-refractivity contribution in [2.45, 2.75) is 38.9 Å². The smallest absolute Gasteiger partial charge is 0.0558 e. The monoisotopic (exact) mass is 194 g/mol. The minimum atomic E-state index is 0.336. The van der Waals surface area contributed by atoms with Crippen LogP contribution < -0.4 is 0 Å².